The van der Waals surface area contributed by atoms with Crippen LogP contribution in [-0.4, -0.2) is 42.0 Å². The van der Waals surface area contributed by atoms with Crippen LogP contribution in [0, 0.1) is 0 Å². The number of piperazine rings is 1. The molecule has 0 unspecified atom stereocenters. The lowest BCUT2D eigenvalue weighted by molar-refractivity contribution is 0.0747. The summed E-state index contributed by atoms with van der Waals surface area (Å²) >= 11 is 13.7. The first-order chi connectivity index (χ1) is 13.6. The molecule has 0 saturated carbocycles. The molecule has 3 aromatic rings. The van der Waals surface area contributed by atoms with Crippen molar-refractivity contribution in [2.45, 2.75) is 25.7 Å². The number of nitrogens with zero attached hydrogens (tertiary/aromatic N) is 2. The predicted octanol–water partition coefficient (Wildman–Crippen LogP) is 5.38. The molecule has 146 valence electrons. The van der Waals surface area contributed by atoms with Crippen molar-refractivity contribution in [2.75, 3.05) is 31.1 Å². The first kappa shape index (κ1) is 18.3. The van der Waals surface area contributed by atoms with E-state index in [1.807, 2.05) is 17.0 Å². The number of amides is 1. The molecule has 1 amide bonds. The molecule has 1 fully saturated rings. The fourth-order valence-corrected chi connectivity index (χ4v) is 5.93. The molecule has 1 aliphatic carbocycles. The van der Waals surface area contributed by atoms with Crippen molar-refractivity contribution in [3.8, 4) is 0 Å². The third-order valence-electron chi connectivity index (χ3n) is 5.89. The summed E-state index contributed by atoms with van der Waals surface area (Å²) in [6.45, 7) is 2.90. The zero-order valence-electron chi connectivity index (χ0n) is 15.4. The van der Waals surface area contributed by atoms with E-state index >= 15 is 0 Å². The average molecular weight is 434 g/mol. The highest BCUT2D eigenvalue weighted by atomic mass is 35.5. The zero-order chi connectivity index (χ0) is 19.3. The molecule has 28 heavy (non-hydrogen) atoms. The molecule has 5 rings (SSSR count). The Morgan fingerprint density at radius 3 is 2.57 bits per heavy atom. The van der Waals surface area contributed by atoms with Crippen LogP contribution in [0.3, 0.4) is 0 Å². The zero-order valence-corrected chi connectivity index (χ0v) is 17.8. The van der Waals surface area contributed by atoms with E-state index in [9.17, 15) is 4.79 Å². The summed E-state index contributed by atoms with van der Waals surface area (Å²) in [5, 5.41) is 1.22. The van der Waals surface area contributed by atoms with Gasteiger partial charge in [-0.1, -0.05) is 23.2 Å². The second kappa shape index (κ2) is 7.29. The molecule has 3 heterocycles. The van der Waals surface area contributed by atoms with Crippen LogP contribution in [-0.2, 0) is 12.8 Å². The van der Waals surface area contributed by atoms with E-state index in [-0.39, 0.29) is 5.91 Å². The van der Waals surface area contributed by atoms with Crippen molar-refractivity contribution in [1.82, 2.24) is 9.88 Å². The number of carbonyl (C=O) groups excluding carboxylic acids is 1. The van der Waals surface area contributed by atoms with Crippen LogP contribution < -0.4 is 4.90 Å². The SMILES string of the molecule is O=C(c1ccc2[nH]c3c(c2c1)CCCC3)N1CCN(c2cc(Cl)sc2Cl)CC1. The van der Waals surface area contributed by atoms with Crippen LogP contribution >= 0.6 is 34.5 Å². The van der Waals surface area contributed by atoms with Gasteiger partial charge in [0.2, 0.25) is 0 Å². The highest BCUT2D eigenvalue weighted by Gasteiger charge is 2.25. The Balaban J connectivity index is 1.33. The van der Waals surface area contributed by atoms with E-state index < -0.39 is 0 Å². The minimum atomic E-state index is 0.113. The standard InChI is InChI=1S/C21H21Cl2N3OS/c22-19-12-18(20(23)28-19)25-7-9-26(10-8-25)21(27)13-5-6-17-15(11-13)14-3-1-2-4-16(14)24-17/h5-6,11-12,24H,1-4,7-10H2. The predicted molar refractivity (Wildman–Crippen MR) is 117 cm³/mol. The molecule has 1 aliphatic heterocycles. The van der Waals surface area contributed by atoms with Gasteiger partial charge in [0.05, 0.1) is 10.0 Å². The molecular formula is C21H21Cl2N3OS. The van der Waals surface area contributed by atoms with E-state index in [1.165, 1.54) is 40.8 Å². The summed E-state index contributed by atoms with van der Waals surface area (Å²) in [4.78, 5) is 20.8. The number of nitrogens with one attached hydrogen (secondary N) is 1. The van der Waals surface area contributed by atoms with Gasteiger partial charge in [0.1, 0.15) is 4.34 Å². The fraction of sp³-hybridized carbons (Fsp3) is 0.381. The van der Waals surface area contributed by atoms with Crippen molar-refractivity contribution in [3.63, 3.8) is 0 Å². The van der Waals surface area contributed by atoms with Gasteiger partial charge in [-0.2, -0.15) is 0 Å². The van der Waals surface area contributed by atoms with Crippen LogP contribution in [0.2, 0.25) is 8.67 Å². The Bertz CT molecular complexity index is 1050. The quantitative estimate of drug-likeness (QED) is 0.589. The van der Waals surface area contributed by atoms with Gasteiger partial charge in [0.25, 0.3) is 5.91 Å². The molecule has 1 aromatic carbocycles. The number of hydrogen-bond donors (Lipinski definition) is 1. The normalized spacial score (nSPS) is 17.2. The molecule has 1 saturated heterocycles. The Labute approximate surface area is 178 Å². The minimum absolute atomic E-state index is 0.113. The molecule has 1 N–H and O–H groups in total. The van der Waals surface area contributed by atoms with Gasteiger partial charge in [0.15, 0.2) is 0 Å². The number of fused-ring (bicyclic) bond motifs is 3. The van der Waals surface area contributed by atoms with Crippen LogP contribution in [0.15, 0.2) is 24.3 Å². The summed E-state index contributed by atoms with van der Waals surface area (Å²) < 4.78 is 1.41. The molecule has 0 atom stereocenters. The summed E-state index contributed by atoms with van der Waals surface area (Å²) in [6, 6.07) is 8.01. The monoisotopic (exact) mass is 433 g/mol. The summed E-state index contributed by atoms with van der Waals surface area (Å²) in [5.74, 6) is 0.113. The maximum atomic E-state index is 13.1. The van der Waals surface area contributed by atoms with E-state index in [2.05, 4.69) is 22.0 Å². The number of carbonyl (C=O) groups is 1. The second-order valence-corrected chi connectivity index (χ2v) is 9.82. The van der Waals surface area contributed by atoms with Gasteiger partial charge in [-0.05, 0) is 55.5 Å². The van der Waals surface area contributed by atoms with Gasteiger partial charge in [-0.25, -0.2) is 0 Å². The van der Waals surface area contributed by atoms with Gasteiger partial charge < -0.3 is 14.8 Å². The average Bonchev–Trinajstić information content (AvgIpc) is 3.26. The van der Waals surface area contributed by atoms with E-state index in [1.54, 1.807) is 0 Å². The van der Waals surface area contributed by atoms with Crippen LogP contribution in [0.1, 0.15) is 34.5 Å². The summed E-state index contributed by atoms with van der Waals surface area (Å²) in [6.07, 6.45) is 4.70. The Morgan fingerprint density at radius 2 is 1.82 bits per heavy atom. The van der Waals surface area contributed by atoms with Gasteiger partial charge in [0, 0.05) is 48.3 Å². The van der Waals surface area contributed by atoms with Crippen molar-refractivity contribution in [3.05, 3.63) is 49.8 Å². The number of rotatable bonds is 2. The largest absolute Gasteiger partial charge is 0.366 e. The maximum Gasteiger partial charge on any atom is 0.253 e. The number of aryl methyl sites for hydroxylation is 2. The highest BCUT2D eigenvalue weighted by molar-refractivity contribution is 7.20. The molecular weight excluding hydrogens is 413 g/mol. The third kappa shape index (κ3) is 3.19. The lowest BCUT2D eigenvalue weighted by Gasteiger charge is -2.35. The smallest absolute Gasteiger partial charge is 0.253 e. The van der Waals surface area contributed by atoms with Crippen LogP contribution in [0.5, 0.6) is 0 Å². The number of halogens is 2. The van der Waals surface area contributed by atoms with E-state index in [0.29, 0.717) is 21.8 Å². The molecule has 0 bridgehead atoms. The van der Waals surface area contributed by atoms with Crippen molar-refractivity contribution in [2.24, 2.45) is 0 Å². The number of thiophene rings is 1. The first-order valence-corrected chi connectivity index (χ1v) is 11.3. The van der Waals surface area contributed by atoms with E-state index in [4.69, 9.17) is 23.2 Å². The fourth-order valence-electron chi connectivity index (χ4n) is 4.42. The van der Waals surface area contributed by atoms with Gasteiger partial charge in [-0.15, -0.1) is 11.3 Å². The third-order valence-corrected chi connectivity index (χ3v) is 7.36. The lowest BCUT2D eigenvalue weighted by Crippen LogP contribution is -2.48. The lowest BCUT2D eigenvalue weighted by atomic mass is 9.95. The number of H-pyrrole nitrogens is 1. The molecule has 0 radical (unpaired) electrons. The first-order valence-electron chi connectivity index (χ1n) is 9.72. The Hall–Kier alpha value is -1.69. The summed E-state index contributed by atoms with van der Waals surface area (Å²) in [7, 11) is 0. The van der Waals surface area contributed by atoms with Gasteiger partial charge in [-0.3, -0.25) is 4.79 Å². The van der Waals surface area contributed by atoms with Crippen LogP contribution in [0.4, 0.5) is 5.69 Å². The summed E-state index contributed by atoms with van der Waals surface area (Å²) in [5.41, 5.74) is 5.67. The highest BCUT2D eigenvalue weighted by Crippen LogP contribution is 2.38. The second-order valence-electron chi connectivity index (χ2n) is 7.54. The molecule has 0 spiro atoms. The molecule has 2 aliphatic rings. The maximum absolute atomic E-state index is 13.1. The van der Waals surface area contributed by atoms with Crippen molar-refractivity contribution >= 4 is 57.0 Å². The topological polar surface area (TPSA) is 39.3 Å². The molecule has 2 aromatic heterocycles. The minimum Gasteiger partial charge on any atom is -0.366 e. The number of hydrogen-bond acceptors (Lipinski definition) is 3. The number of aromatic amines is 1. The van der Waals surface area contributed by atoms with Gasteiger partial charge >= 0.3 is 0 Å². The Kier molecular flexibility index (Phi) is 4.77. The number of anilines is 1. The molecule has 7 heteroatoms. The number of benzene rings is 1. The van der Waals surface area contributed by atoms with Crippen molar-refractivity contribution in [1.29, 1.82) is 0 Å². The molecule has 4 nitrogen and oxygen atoms in total. The van der Waals surface area contributed by atoms with E-state index in [0.717, 1.165) is 42.7 Å². The van der Waals surface area contributed by atoms with Crippen LogP contribution in [0.25, 0.3) is 10.9 Å². The Morgan fingerprint density at radius 1 is 1.04 bits per heavy atom. The van der Waals surface area contributed by atoms with Crippen molar-refractivity contribution < 1.29 is 4.79 Å². The number of aromatic nitrogens is 1.